The highest BCUT2D eigenvalue weighted by Crippen LogP contribution is 2.50. The van der Waals surface area contributed by atoms with E-state index in [0.717, 1.165) is 47.0 Å². The minimum absolute atomic E-state index is 0.00328. The summed E-state index contributed by atoms with van der Waals surface area (Å²) in [5.74, 6) is -0.106. The van der Waals surface area contributed by atoms with Gasteiger partial charge in [0.1, 0.15) is 0 Å². The Balaban J connectivity index is 1.51. The predicted molar refractivity (Wildman–Crippen MR) is 144 cm³/mol. The number of nitrogens with zero attached hydrogens (tertiary/aromatic N) is 4. The van der Waals surface area contributed by atoms with Crippen molar-refractivity contribution >= 4 is 28.0 Å². The molecular weight excluding hydrogens is 450 g/mol. The van der Waals surface area contributed by atoms with Gasteiger partial charge in [-0.3, -0.25) is 13.9 Å². The SMILES string of the molecule is Cn1c(=O)n(CC(C)(C)C)c2ccc(C3CCC(C)(C)C(n4ccc5cc(C(N)=O)ccc54)C3)nc21. The molecule has 5 rings (SSSR count). The molecule has 3 aromatic heterocycles. The maximum absolute atomic E-state index is 13.0. The lowest BCUT2D eigenvalue weighted by Gasteiger charge is -2.43. The second-order valence-corrected chi connectivity index (χ2v) is 12.4. The lowest BCUT2D eigenvalue weighted by Crippen LogP contribution is -2.33. The standard InChI is InChI=1S/C29H37N5O2/c1-28(2,3)17-34-23-10-8-21(31-26(23)32(6)27(34)36)18-11-13-29(4,5)24(16-18)33-14-12-19-15-20(25(30)35)7-9-22(19)33/h7-10,12,14-15,18,24H,11,13,16-17H2,1-6H3,(H2,30,35). The number of aromatic nitrogens is 4. The van der Waals surface area contributed by atoms with Gasteiger partial charge in [0.25, 0.3) is 0 Å². The van der Waals surface area contributed by atoms with Crippen molar-refractivity contribution in [1.29, 1.82) is 0 Å². The van der Waals surface area contributed by atoms with Gasteiger partial charge in [0, 0.05) is 53.9 Å². The molecule has 2 atom stereocenters. The normalized spacial score (nSPS) is 20.3. The molecule has 0 bridgehead atoms. The van der Waals surface area contributed by atoms with Gasteiger partial charge >= 0.3 is 5.69 Å². The third-order valence-electron chi connectivity index (χ3n) is 7.94. The number of benzene rings is 1. The van der Waals surface area contributed by atoms with E-state index in [1.165, 1.54) is 0 Å². The summed E-state index contributed by atoms with van der Waals surface area (Å²) in [5.41, 5.74) is 9.94. The van der Waals surface area contributed by atoms with Crippen LogP contribution in [0.3, 0.4) is 0 Å². The third kappa shape index (κ3) is 4.14. The minimum Gasteiger partial charge on any atom is -0.366 e. The smallest absolute Gasteiger partial charge is 0.330 e. The Hall–Kier alpha value is -3.35. The lowest BCUT2D eigenvalue weighted by molar-refractivity contribution is 0.100. The van der Waals surface area contributed by atoms with Crippen molar-refractivity contribution in [2.24, 2.45) is 23.6 Å². The van der Waals surface area contributed by atoms with Crippen molar-refractivity contribution in [3.63, 3.8) is 0 Å². The fraction of sp³-hybridized carbons (Fsp3) is 0.483. The van der Waals surface area contributed by atoms with Crippen LogP contribution in [0.25, 0.3) is 22.1 Å². The van der Waals surface area contributed by atoms with Crippen molar-refractivity contribution in [3.05, 3.63) is 64.3 Å². The summed E-state index contributed by atoms with van der Waals surface area (Å²) in [6.07, 6.45) is 5.23. The average Bonchev–Trinajstić information content (AvgIpc) is 3.32. The van der Waals surface area contributed by atoms with Gasteiger partial charge in [-0.15, -0.1) is 0 Å². The predicted octanol–water partition coefficient (Wildman–Crippen LogP) is 5.37. The molecule has 190 valence electrons. The van der Waals surface area contributed by atoms with Crippen LogP contribution in [0.1, 0.15) is 81.9 Å². The van der Waals surface area contributed by atoms with Crippen molar-refractivity contribution in [2.45, 2.75) is 72.4 Å². The number of hydrogen-bond acceptors (Lipinski definition) is 3. The molecular formula is C29H37N5O2. The zero-order valence-electron chi connectivity index (χ0n) is 22.2. The van der Waals surface area contributed by atoms with Gasteiger partial charge in [0.15, 0.2) is 5.65 Å². The zero-order valence-corrected chi connectivity index (χ0v) is 22.2. The summed E-state index contributed by atoms with van der Waals surface area (Å²) < 4.78 is 5.90. The second-order valence-electron chi connectivity index (χ2n) is 12.4. The molecule has 1 saturated carbocycles. The summed E-state index contributed by atoms with van der Waals surface area (Å²) in [4.78, 5) is 29.7. The average molecular weight is 488 g/mol. The van der Waals surface area contributed by atoms with Crippen molar-refractivity contribution in [1.82, 2.24) is 18.7 Å². The number of hydrogen-bond donors (Lipinski definition) is 1. The molecule has 1 fully saturated rings. The maximum atomic E-state index is 13.0. The molecule has 7 nitrogen and oxygen atoms in total. The number of primary amides is 1. The summed E-state index contributed by atoms with van der Waals surface area (Å²) >= 11 is 0. The van der Waals surface area contributed by atoms with E-state index in [-0.39, 0.29) is 22.6 Å². The first kappa shape index (κ1) is 24.3. The molecule has 1 aromatic carbocycles. The fourth-order valence-electron chi connectivity index (χ4n) is 5.91. The van der Waals surface area contributed by atoms with E-state index < -0.39 is 5.91 Å². The summed E-state index contributed by atoms with van der Waals surface area (Å²) in [6, 6.07) is 12.2. The Labute approximate surface area is 211 Å². The highest BCUT2D eigenvalue weighted by Gasteiger charge is 2.39. The number of nitrogens with two attached hydrogens (primary N) is 1. The van der Waals surface area contributed by atoms with Gasteiger partial charge < -0.3 is 10.3 Å². The van der Waals surface area contributed by atoms with E-state index in [2.05, 4.69) is 63.6 Å². The van der Waals surface area contributed by atoms with E-state index in [0.29, 0.717) is 18.0 Å². The Bertz CT molecular complexity index is 1530. The van der Waals surface area contributed by atoms with Crippen LogP contribution >= 0.6 is 0 Å². The van der Waals surface area contributed by atoms with Crippen LogP contribution in [0.15, 0.2) is 47.4 Å². The molecule has 2 unspecified atom stereocenters. The number of imidazole rings is 1. The number of carbonyl (C=O) groups is 1. The van der Waals surface area contributed by atoms with Crippen LogP contribution < -0.4 is 11.4 Å². The monoisotopic (exact) mass is 487 g/mol. The quantitative estimate of drug-likeness (QED) is 0.420. The third-order valence-corrected chi connectivity index (χ3v) is 7.94. The summed E-state index contributed by atoms with van der Waals surface area (Å²) in [6.45, 7) is 11.8. The number of carbonyl (C=O) groups excluding carboxylic acids is 1. The minimum atomic E-state index is -0.407. The van der Waals surface area contributed by atoms with Gasteiger partial charge in [-0.25, -0.2) is 9.78 Å². The van der Waals surface area contributed by atoms with Crippen LogP contribution in [0.5, 0.6) is 0 Å². The molecule has 2 N–H and O–H groups in total. The van der Waals surface area contributed by atoms with Crippen LogP contribution in [-0.4, -0.2) is 24.6 Å². The molecule has 4 aromatic rings. The van der Waals surface area contributed by atoms with Gasteiger partial charge in [-0.2, -0.15) is 0 Å². The molecule has 36 heavy (non-hydrogen) atoms. The van der Waals surface area contributed by atoms with Crippen LogP contribution in [0, 0.1) is 10.8 Å². The largest absolute Gasteiger partial charge is 0.366 e. The molecule has 0 aliphatic heterocycles. The first-order valence-corrected chi connectivity index (χ1v) is 12.8. The molecule has 1 amide bonds. The molecule has 0 radical (unpaired) electrons. The molecule has 3 heterocycles. The Morgan fingerprint density at radius 1 is 1.14 bits per heavy atom. The van der Waals surface area contributed by atoms with Crippen molar-refractivity contribution in [2.75, 3.05) is 0 Å². The zero-order chi connectivity index (χ0) is 26.0. The summed E-state index contributed by atoms with van der Waals surface area (Å²) in [7, 11) is 1.82. The van der Waals surface area contributed by atoms with E-state index in [1.807, 2.05) is 29.8 Å². The van der Waals surface area contributed by atoms with Gasteiger partial charge in [-0.1, -0.05) is 34.6 Å². The van der Waals surface area contributed by atoms with Crippen LogP contribution in [0.4, 0.5) is 0 Å². The van der Waals surface area contributed by atoms with Crippen LogP contribution in [-0.2, 0) is 13.6 Å². The Kier molecular flexibility index (Phi) is 5.65. The Morgan fingerprint density at radius 3 is 2.56 bits per heavy atom. The van der Waals surface area contributed by atoms with E-state index in [9.17, 15) is 9.59 Å². The van der Waals surface area contributed by atoms with Crippen LogP contribution in [0.2, 0.25) is 0 Å². The van der Waals surface area contributed by atoms with E-state index in [4.69, 9.17) is 10.7 Å². The lowest BCUT2D eigenvalue weighted by atomic mass is 9.68. The Morgan fingerprint density at radius 2 is 1.86 bits per heavy atom. The van der Waals surface area contributed by atoms with Gasteiger partial charge in [0.05, 0.1) is 5.52 Å². The number of rotatable bonds is 4. The molecule has 1 aliphatic carbocycles. The first-order valence-electron chi connectivity index (χ1n) is 12.8. The number of aryl methyl sites for hydroxylation is 1. The number of amides is 1. The maximum Gasteiger partial charge on any atom is 0.330 e. The van der Waals surface area contributed by atoms with Gasteiger partial charge in [-0.05, 0) is 66.5 Å². The number of pyridine rings is 1. The number of fused-ring (bicyclic) bond motifs is 2. The second kappa shape index (κ2) is 8.36. The van der Waals surface area contributed by atoms with Crippen molar-refractivity contribution < 1.29 is 4.79 Å². The highest BCUT2D eigenvalue weighted by atomic mass is 16.2. The molecule has 0 spiro atoms. The first-order chi connectivity index (χ1) is 16.9. The fourth-order valence-corrected chi connectivity index (χ4v) is 5.91. The highest BCUT2D eigenvalue weighted by molar-refractivity contribution is 5.97. The van der Waals surface area contributed by atoms with E-state index >= 15 is 0 Å². The summed E-state index contributed by atoms with van der Waals surface area (Å²) in [5, 5.41) is 1.03. The molecule has 7 heteroatoms. The topological polar surface area (TPSA) is 87.8 Å². The van der Waals surface area contributed by atoms with E-state index in [1.54, 1.807) is 4.57 Å². The molecule has 1 aliphatic rings. The molecule has 0 saturated heterocycles. The van der Waals surface area contributed by atoms with Gasteiger partial charge in [0.2, 0.25) is 5.91 Å². The van der Waals surface area contributed by atoms with Crippen molar-refractivity contribution in [3.8, 4) is 0 Å².